The van der Waals surface area contributed by atoms with Crippen molar-refractivity contribution in [1.82, 2.24) is 20.4 Å². The van der Waals surface area contributed by atoms with Crippen molar-refractivity contribution in [1.29, 1.82) is 0 Å². The number of nitrogens with zero attached hydrogens (tertiary/aromatic N) is 2. The first-order valence-corrected chi connectivity index (χ1v) is 14.8. The van der Waals surface area contributed by atoms with Crippen LogP contribution in [0.1, 0.15) is 29.7 Å². The number of benzene rings is 4. The third-order valence-electron chi connectivity index (χ3n) is 8.00. The summed E-state index contributed by atoms with van der Waals surface area (Å²) in [4.78, 5) is 44.7. The topological polar surface area (TPSA) is 91.0 Å². The van der Waals surface area contributed by atoms with Crippen LogP contribution in [0.3, 0.4) is 0 Å². The zero-order valence-corrected chi connectivity index (χ0v) is 24.5. The first-order chi connectivity index (χ1) is 21.5. The number of carbonyl (C=O) groups is 3. The molecular formula is C36H34N4O4. The number of ether oxygens (including phenoxy) is 1. The molecule has 8 heteroatoms. The van der Waals surface area contributed by atoms with Crippen LogP contribution in [0.5, 0.6) is 11.5 Å². The lowest BCUT2D eigenvalue weighted by molar-refractivity contribution is -0.136. The van der Waals surface area contributed by atoms with E-state index in [0.717, 1.165) is 16.7 Å². The summed E-state index contributed by atoms with van der Waals surface area (Å²) in [6, 6.07) is 34.4. The molecule has 2 N–H and O–H groups in total. The van der Waals surface area contributed by atoms with Crippen LogP contribution >= 0.6 is 0 Å². The van der Waals surface area contributed by atoms with Crippen molar-refractivity contribution >= 4 is 17.8 Å². The molecule has 4 aromatic carbocycles. The summed E-state index contributed by atoms with van der Waals surface area (Å²) in [6.07, 6.45) is 0.340. The van der Waals surface area contributed by atoms with Crippen LogP contribution in [-0.4, -0.2) is 46.8 Å². The second-order valence-corrected chi connectivity index (χ2v) is 10.8. The summed E-state index contributed by atoms with van der Waals surface area (Å²) in [5, 5.41) is 6.08. The molecule has 222 valence electrons. The van der Waals surface area contributed by atoms with E-state index in [0.29, 0.717) is 42.3 Å². The van der Waals surface area contributed by atoms with E-state index >= 15 is 0 Å². The van der Waals surface area contributed by atoms with Crippen LogP contribution in [0.25, 0.3) is 0 Å². The second-order valence-electron chi connectivity index (χ2n) is 10.8. The zero-order chi connectivity index (χ0) is 30.5. The van der Waals surface area contributed by atoms with Crippen molar-refractivity contribution in [2.24, 2.45) is 0 Å². The third-order valence-corrected chi connectivity index (χ3v) is 8.00. The van der Waals surface area contributed by atoms with Gasteiger partial charge in [-0.05, 0) is 47.9 Å². The maximum atomic E-state index is 14.4. The van der Waals surface area contributed by atoms with Gasteiger partial charge in [0.15, 0.2) is 0 Å². The van der Waals surface area contributed by atoms with Crippen LogP contribution in [0.2, 0.25) is 0 Å². The summed E-state index contributed by atoms with van der Waals surface area (Å²) < 4.78 is 6.05. The molecule has 0 unspecified atom stereocenters. The SMILES string of the molecule is CCN1C(=O)N[C@@H](c2cccc(Oc3ccccc3)c2)C2=C1CN([C@H](Cc1ccccc1)C(=O)NCc1ccccc1)C2=O. The smallest absolute Gasteiger partial charge is 0.322 e. The molecule has 2 aliphatic rings. The molecule has 4 amide bonds. The fraction of sp³-hybridized carbons (Fsp3) is 0.194. The van der Waals surface area contributed by atoms with Crippen molar-refractivity contribution in [2.75, 3.05) is 13.1 Å². The van der Waals surface area contributed by atoms with Gasteiger partial charge in [-0.3, -0.25) is 14.5 Å². The Labute approximate surface area is 256 Å². The summed E-state index contributed by atoms with van der Waals surface area (Å²) >= 11 is 0. The maximum Gasteiger partial charge on any atom is 0.322 e. The summed E-state index contributed by atoms with van der Waals surface area (Å²) in [6.45, 7) is 2.76. The van der Waals surface area contributed by atoms with Crippen molar-refractivity contribution in [3.63, 3.8) is 0 Å². The van der Waals surface area contributed by atoms with Gasteiger partial charge in [0.2, 0.25) is 5.91 Å². The first kappa shape index (κ1) is 28.7. The molecule has 2 aliphatic heterocycles. The quantitative estimate of drug-likeness (QED) is 0.254. The molecule has 0 aromatic heterocycles. The average Bonchev–Trinajstić information content (AvgIpc) is 3.40. The second kappa shape index (κ2) is 12.9. The minimum Gasteiger partial charge on any atom is -0.457 e. The zero-order valence-electron chi connectivity index (χ0n) is 24.5. The Kier molecular flexibility index (Phi) is 8.41. The number of hydrogen-bond acceptors (Lipinski definition) is 4. The molecule has 0 fully saturated rings. The Morgan fingerprint density at radius 2 is 1.50 bits per heavy atom. The van der Waals surface area contributed by atoms with E-state index in [2.05, 4.69) is 10.6 Å². The standard InChI is InChI=1S/C36H34N4O4/c1-2-39-31-24-40(30(21-25-13-6-3-7-14-25)34(41)37-23-26-15-8-4-9-16-26)35(42)32(31)33(38-36(39)43)27-17-12-20-29(22-27)44-28-18-10-5-11-19-28/h3-20,22,30,33H,2,21,23-24H2,1H3,(H,37,41)(H,38,43)/t30-,33+/m1/s1. The van der Waals surface area contributed by atoms with Gasteiger partial charge in [0.25, 0.3) is 5.91 Å². The van der Waals surface area contributed by atoms with Crippen molar-refractivity contribution in [2.45, 2.75) is 32.0 Å². The van der Waals surface area contributed by atoms with E-state index in [9.17, 15) is 14.4 Å². The van der Waals surface area contributed by atoms with Crippen molar-refractivity contribution in [3.05, 3.63) is 143 Å². The molecule has 0 aliphatic carbocycles. The summed E-state index contributed by atoms with van der Waals surface area (Å²) in [5.74, 6) is 0.756. The Balaban J connectivity index is 1.31. The average molecular weight is 587 g/mol. The molecule has 2 atom stereocenters. The third kappa shape index (κ3) is 6.06. The lowest BCUT2D eigenvalue weighted by Gasteiger charge is -2.33. The highest BCUT2D eigenvalue weighted by molar-refractivity contribution is 6.03. The number of likely N-dealkylation sites (N-methyl/N-ethyl adjacent to an activating group) is 1. The van der Waals surface area contributed by atoms with Crippen LogP contribution < -0.4 is 15.4 Å². The minimum atomic E-state index is -0.776. The number of urea groups is 1. The molecule has 0 bridgehead atoms. The molecule has 8 nitrogen and oxygen atoms in total. The number of amides is 4. The predicted octanol–water partition coefficient (Wildman–Crippen LogP) is 5.59. The maximum absolute atomic E-state index is 14.4. The Morgan fingerprint density at radius 3 is 2.18 bits per heavy atom. The fourth-order valence-electron chi connectivity index (χ4n) is 5.82. The highest BCUT2D eigenvalue weighted by atomic mass is 16.5. The van der Waals surface area contributed by atoms with Gasteiger partial charge in [0, 0.05) is 19.5 Å². The number of para-hydroxylation sites is 1. The highest BCUT2D eigenvalue weighted by Gasteiger charge is 2.46. The van der Waals surface area contributed by atoms with Gasteiger partial charge < -0.3 is 20.3 Å². The molecule has 44 heavy (non-hydrogen) atoms. The molecular weight excluding hydrogens is 552 g/mol. The van der Waals surface area contributed by atoms with Gasteiger partial charge >= 0.3 is 6.03 Å². The van der Waals surface area contributed by atoms with Crippen molar-refractivity contribution in [3.8, 4) is 11.5 Å². The van der Waals surface area contributed by atoms with E-state index in [-0.39, 0.29) is 24.4 Å². The van der Waals surface area contributed by atoms with Gasteiger partial charge in [-0.2, -0.15) is 0 Å². The van der Waals surface area contributed by atoms with Gasteiger partial charge in [-0.25, -0.2) is 4.79 Å². The molecule has 6 rings (SSSR count). The summed E-state index contributed by atoms with van der Waals surface area (Å²) in [5.41, 5.74) is 3.72. The monoisotopic (exact) mass is 586 g/mol. The molecule has 0 spiro atoms. The number of hydrogen-bond donors (Lipinski definition) is 2. The Hall–Kier alpha value is -5.37. The summed E-state index contributed by atoms with van der Waals surface area (Å²) in [7, 11) is 0. The van der Waals surface area contributed by atoms with Crippen molar-refractivity contribution < 1.29 is 19.1 Å². The molecule has 2 heterocycles. The van der Waals surface area contributed by atoms with E-state index < -0.39 is 12.1 Å². The Bertz CT molecular complexity index is 1670. The lowest BCUT2D eigenvalue weighted by atomic mass is 9.95. The minimum absolute atomic E-state index is 0.155. The van der Waals surface area contributed by atoms with Gasteiger partial charge in [-0.1, -0.05) is 91.0 Å². The van der Waals surface area contributed by atoms with Crippen LogP contribution in [-0.2, 0) is 22.6 Å². The van der Waals surface area contributed by atoms with Crippen LogP contribution in [0.4, 0.5) is 4.79 Å². The molecule has 4 aromatic rings. The van der Waals surface area contributed by atoms with E-state index in [1.54, 1.807) is 9.80 Å². The predicted molar refractivity (Wildman–Crippen MR) is 168 cm³/mol. The Morgan fingerprint density at radius 1 is 0.864 bits per heavy atom. The van der Waals surface area contributed by atoms with Gasteiger partial charge in [0.05, 0.1) is 23.9 Å². The van der Waals surface area contributed by atoms with Crippen LogP contribution in [0.15, 0.2) is 127 Å². The molecule has 0 saturated carbocycles. The van der Waals surface area contributed by atoms with Crippen LogP contribution in [0, 0.1) is 0 Å². The van der Waals surface area contributed by atoms with E-state index in [1.807, 2.05) is 122 Å². The normalized spacial score (nSPS) is 16.8. The molecule has 0 radical (unpaired) electrons. The molecule has 0 saturated heterocycles. The number of rotatable bonds is 10. The largest absolute Gasteiger partial charge is 0.457 e. The van der Waals surface area contributed by atoms with E-state index in [4.69, 9.17) is 4.74 Å². The van der Waals surface area contributed by atoms with E-state index in [1.165, 1.54) is 0 Å². The fourth-order valence-corrected chi connectivity index (χ4v) is 5.82. The van der Waals surface area contributed by atoms with Gasteiger partial charge in [0.1, 0.15) is 17.5 Å². The highest BCUT2D eigenvalue weighted by Crippen LogP contribution is 2.38. The lowest BCUT2D eigenvalue weighted by Crippen LogP contribution is -2.49. The number of carbonyl (C=O) groups excluding carboxylic acids is 3. The number of nitrogens with one attached hydrogen (secondary N) is 2. The van der Waals surface area contributed by atoms with Gasteiger partial charge in [-0.15, -0.1) is 0 Å². The first-order valence-electron chi connectivity index (χ1n) is 14.8.